The lowest BCUT2D eigenvalue weighted by atomic mass is 9.51. The second kappa shape index (κ2) is 7.60. The van der Waals surface area contributed by atoms with Crippen LogP contribution in [0.4, 0.5) is 0 Å². The molecular weight excluding hydrogens is 340 g/mol. The number of hydrogen-bond acceptors (Lipinski definition) is 1. The van der Waals surface area contributed by atoms with Crippen LogP contribution in [0, 0.1) is 34.5 Å². The Morgan fingerprint density at radius 1 is 1.04 bits per heavy atom. The van der Waals surface area contributed by atoms with Gasteiger partial charge in [-0.2, -0.15) is 0 Å². The van der Waals surface area contributed by atoms with Gasteiger partial charge < -0.3 is 5.11 Å². The normalized spacial score (nSPS) is 41.4. The Bertz CT molecular complexity index is 655. The number of rotatable bonds is 5. The van der Waals surface area contributed by atoms with Crippen LogP contribution >= 0.6 is 0 Å². The molecule has 6 atom stereocenters. The summed E-state index contributed by atoms with van der Waals surface area (Å²) < 4.78 is 0. The summed E-state index contributed by atoms with van der Waals surface area (Å²) >= 11 is 0. The van der Waals surface area contributed by atoms with Crippen molar-refractivity contribution in [3.63, 3.8) is 0 Å². The molecule has 1 saturated carbocycles. The number of hydrogen-bond donors (Lipinski definition) is 1. The second-order valence-corrected chi connectivity index (χ2v) is 11.7. The van der Waals surface area contributed by atoms with Gasteiger partial charge in [-0.3, -0.25) is 0 Å². The van der Waals surface area contributed by atoms with Crippen molar-refractivity contribution in [2.75, 3.05) is 0 Å². The van der Waals surface area contributed by atoms with Crippen LogP contribution in [0.15, 0.2) is 22.8 Å². The predicted octanol–water partition coefficient (Wildman–Crippen LogP) is 7.45. The first-order chi connectivity index (χ1) is 13.3. The van der Waals surface area contributed by atoms with E-state index < -0.39 is 0 Å². The van der Waals surface area contributed by atoms with Gasteiger partial charge >= 0.3 is 0 Å². The van der Waals surface area contributed by atoms with E-state index in [1.165, 1.54) is 57.8 Å². The van der Waals surface area contributed by atoms with E-state index in [1.807, 2.05) is 5.57 Å². The van der Waals surface area contributed by atoms with Crippen LogP contribution in [0.3, 0.4) is 0 Å². The first-order valence-electron chi connectivity index (χ1n) is 12.4. The van der Waals surface area contributed by atoms with Gasteiger partial charge in [-0.15, -0.1) is 0 Å². The summed E-state index contributed by atoms with van der Waals surface area (Å²) in [6.07, 6.45) is 16.6. The lowest BCUT2D eigenvalue weighted by Gasteiger charge is -2.54. The summed E-state index contributed by atoms with van der Waals surface area (Å²) in [5.41, 5.74) is 6.15. The summed E-state index contributed by atoms with van der Waals surface area (Å²) in [6.45, 7) is 12.4. The van der Waals surface area contributed by atoms with Crippen molar-refractivity contribution in [2.24, 2.45) is 34.5 Å². The van der Waals surface area contributed by atoms with E-state index in [-0.39, 0.29) is 6.10 Å². The molecule has 0 heterocycles. The van der Waals surface area contributed by atoms with Crippen molar-refractivity contribution in [2.45, 2.75) is 111 Å². The molecule has 0 amide bonds. The maximum Gasteiger partial charge on any atom is 0.0543 e. The molecular formula is C27H44O. The molecule has 1 heteroatoms. The van der Waals surface area contributed by atoms with E-state index in [2.05, 4.69) is 40.7 Å². The topological polar surface area (TPSA) is 20.2 Å². The first-order valence-corrected chi connectivity index (χ1v) is 12.4. The highest BCUT2D eigenvalue weighted by atomic mass is 16.3. The van der Waals surface area contributed by atoms with Crippen molar-refractivity contribution in [3.8, 4) is 0 Å². The minimum atomic E-state index is -0.0455. The Morgan fingerprint density at radius 3 is 2.57 bits per heavy atom. The number of aliphatic hydroxyl groups excluding tert-OH is 1. The third-order valence-electron chi connectivity index (χ3n) is 9.61. The Morgan fingerprint density at radius 2 is 1.82 bits per heavy atom. The molecule has 1 nitrogen and oxygen atoms in total. The van der Waals surface area contributed by atoms with E-state index in [9.17, 15) is 5.11 Å². The van der Waals surface area contributed by atoms with Crippen molar-refractivity contribution in [1.82, 2.24) is 0 Å². The fourth-order valence-electron chi connectivity index (χ4n) is 7.78. The van der Waals surface area contributed by atoms with Crippen LogP contribution in [0.5, 0.6) is 0 Å². The van der Waals surface area contributed by atoms with E-state index in [0.717, 1.165) is 30.6 Å². The molecule has 1 unspecified atom stereocenters. The SMILES string of the molecule is CC(C)CCC[C@@H](C)[C@H]1CC=C2C3=C(CC[C@@]21C)[C@@]1(C)CC[C@@H](O)CC1CC3. The molecule has 0 aromatic carbocycles. The Balaban J connectivity index is 1.54. The van der Waals surface area contributed by atoms with Gasteiger partial charge in [0.2, 0.25) is 0 Å². The first kappa shape index (κ1) is 20.7. The quantitative estimate of drug-likeness (QED) is 0.521. The third-order valence-corrected chi connectivity index (χ3v) is 9.61. The highest BCUT2D eigenvalue weighted by molar-refractivity contribution is 5.49. The molecule has 1 fully saturated rings. The average Bonchev–Trinajstić information content (AvgIpc) is 2.99. The van der Waals surface area contributed by atoms with Crippen LogP contribution in [-0.2, 0) is 0 Å². The number of aliphatic hydroxyl groups is 1. The van der Waals surface area contributed by atoms with Crippen molar-refractivity contribution < 1.29 is 5.11 Å². The summed E-state index contributed by atoms with van der Waals surface area (Å²) in [4.78, 5) is 0. The van der Waals surface area contributed by atoms with Gasteiger partial charge in [0.05, 0.1) is 6.10 Å². The Hall–Kier alpha value is -0.560. The van der Waals surface area contributed by atoms with Gasteiger partial charge in [-0.25, -0.2) is 0 Å². The lowest BCUT2D eigenvalue weighted by molar-refractivity contribution is 0.0225. The maximum atomic E-state index is 10.2. The molecule has 4 aliphatic carbocycles. The van der Waals surface area contributed by atoms with E-state index in [0.29, 0.717) is 16.7 Å². The smallest absolute Gasteiger partial charge is 0.0543 e. The molecule has 28 heavy (non-hydrogen) atoms. The monoisotopic (exact) mass is 384 g/mol. The van der Waals surface area contributed by atoms with Crippen molar-refractivity contribution in [3.05, 3.63) is 22.8 Å². The second-order valence-electron chi connectivity index (χ2n) is 11.7. The molecule has 0 bridgehead atoms. The van der Waals surface area contributed by atoms with Crippen LogP contribution in [-0.4, -0.2) is 11.2 Å². The van der Waals surface area contributed by atoms with Gasteiger partial charge in [-0.05, 0) is 97.0 Å². The zero-order chi connectivity index (χ0) is 20.1. The molecule has 0 aliphatic heterocycles. The fraction of sp³-hybridized carbons (Fsp3) is 0.852. The van der Waals surface area contributed by atoms with E-state index >= 15 is 0 Å². The third kappa shape index (κ3) is 3.34. The van der Waals surface area contributed by atoms with Crippen LogP contribution < -0.4 is 0 Å². The summed E-state index contributed by atoms with van der Waals surface area (Å²) in [5, 5.41) is 10.2. The van der Waals surface area contributed by atoms with Gasteiger partial charge in [0.25, 0.3) is 0 Å². The van der Waals surface area contributed by atoms with Crippen molar-refractivity contribution >= 4 is 0 Å². The minimum absolute atomic E-state index is 0.0455. The van der Waals surface area contributed by atoms with Crippen LogP contribution in [0.1, 0.15) is 105 Å². The maximum absolute atomic E-state index is 10.2. The van der Waals surface area contributed by atoms with E-state index in [1.54, 1.807) is 11.1 Å². The predicted molar refractivity (Wildman–Crippen MR) is 119 cm³/mol. The van der Waals surface area contributed by atoms with Gasteiger partial charge in [0, 0.05) is 0 Å². The van der Waals surface area contributed by atoms with Crippen LogP contribution in [0.25, 0.3) is 0 Å². The van der Waals surface area contributed by atoms with Crippen molar-refractivity contribution in [1.29, 1.82) is 0 Å². The number of fused-ring (bicyclic) bond motifs is 4. The zero-order valence-electron chi connectivity index (χ0n) is 19.2. The molecule has 4 rings (SSSR count). The Labute approximate surface area is 174 Å². The molecule has 0 saturated heterocycles. The van der Waals surface area contributed by atoms with E-state index in [4.69, 9.17) is 0 Å². The molecule has 0 aromatic heterocycles. The highest BCUT2D eigenvalue weighted by Gasteiger charge is 2.52. The highest BCUT2D eigenvalue weighted by Crippen LogP contribution is 2.64. The van der Waals surface area contributed by atoms with Gasteiger partial charge in [0.1, 0.15) is 0 Å². The van der Waals surface area contributed by atoms with Crippen LogP contribution in [0.2, 0.25) is 0 Å². The Kier molecular flexibility index (Phi) is 5.62. The zero-order valence-corrected chi connectivity index (χ0v) is 19.2. The van der Waals surface area contributed by atoms with Gasteiger partial charge in [0.15, 0.2) is 0 Å². The molecule has 0 aromatic rings. The molecule has 1 N–H and O–H groups in total. The molecule has 0 radical (unpaired) electrons. The number of allylic oxidation sites excluding steroid dienone is 4. The molecule has 158 valence electrons. The standard InChI is InChI=1S/C27H44O/c1-18(2)7-6-8-19(3)23-11-12-24-22-10-9-20-17-21(28)13-15-26(20,4)25(22)14-16-27(23,24)5/h12,18-21,23,28H,6-11,13-17H2,1-5H3/t19-,20?,21-,23-,26+,27-/m1/s1. The lowest BCUT2D eigenvalue weighted by Crippen LogP contribution is -2.44. The molecule has 4 aliphatic rings. The average molecular weight is 385 g/mol. The summed E-state index contributed by atoms with van der Waals surface area (Å²) in [7, 11) is 0. The summed E-state index contributed by atoms with van der Waals surface area (Å²) in [6, 6.07) is 0. The summed E-state index contributed by atoms with van der Waals surface area (Å²) in [5.74, 6) is 3.25. The van der Waals surface area contributed by atoms with Gasteiger partial charge in [-0.1, -0.05) is 65.5 Å². The largest absolute Gasteiger partial charge is 0.393 e. The minimum Gasteiger partial charge on any atom is -0.393 e. The molecule has 0 spiro atoms. The fourth-order valence-corrected chi connectivity index (χ4v) is 7.78.